The van der Waals surface area contributed by atoms with E-state index in [1.54, 1.807) is 23.7 Å². The van der Waals surface area contributed by atoms with Crippen molar-refractivity contribution in [3.63, 3.8) is 0 Å². The number of carbonyl (C=O) groups excluding carboxylic acids is 1. The molecule has 0 atom stereocenters. The van der Waals surface area contributed by atoms with Crippen molar-refractivity contribution in [3.8, 4) is 17.3 Å². The summed E-state index contributed by atoms with van der Waals surface area (Å²) in [6.45, 7) is 4.42. The Balaban J connectivity index is 1.62. The molecule has 3 aromatic rings. The van der Waals surface area contributed by atoms with Crippen LogP contribution in [0.1, 0.15) is 28.3 Å². The minimum Gasteiger partial charge on any atom is -0.478 e. The predicted octanol–water partition coefficient (Wildman–Crippen LogP) is 2.23. The number of rotatable bonds is 6. The molecule has 0 unspecified atom stereocenters. The zero-order valence-corrected chi connectivity index (χ0v) is 14.0. The smallest absolute Gasteiger partial charge is 0.271 e. The number of nitrogens with zero attached hydrogens (tertiary/aromatic N) is 4. The van der Waals surface area contributed by atoms with Crippen molar-refractivity contribution in [1.29, 1.82) is 0 Å². The van der Waals surface area contributed by atoms with Gasteiger partial charge in [-0.15, -0.1) is 11.3 Å². The zero-order valence-electron chi connectivity index (χ0n) is 13.1. The third-order valence-electron chi connectivity index (χ3n) is 3.01. The molecule has 24 heavy (non-hydrogen) atoms. The summed E-state index contributed by atoms with van der Waals surface area (Å²) in [6.07, 6.45) is 1.61. The summed E-state index contributed by atoms with van der Waals surface area (Å²) in [5.41, 5.74) is 1.09. The van der Waals surface area contributed by atoms with E-state index < -0.39 is 0 Å². The molecule has 8 nitrogen and oxygen atoms in total. The van der Waals surface area contributed by atoms with Crippen molar-refractivity contribution in [2.45, 2.75) is 20.4 Å². The van der Waals surface area contributed by atoms with E-state index in [-0.39, 0.29) is 12.5 Å². The fourth-order valence-corrected chi connectivity index (χ4v) is 2.50. The summed E-state index contributed by atoms with van der Waals surface area (Å²) in [7, 11) is 0. The monoisotopic (exact) mass is 345 g/mol. The van der Waals surface area contributed by atoms with E-state index in [1.165, 1.54) is 11.3 Å². The average Bonchev–Trinajstić information content (AvgIpc) is 3.23. The summed E-state index contributed by atoms with van der Waals surface area (Å²) in [5.74, 6) is 0.969. The minimum atomic E-state index is -0.276. The fourth-order valence-electron chi connectivity index (χ4n) is 1.90. The molecule has 0 aliphatic heterocycles. The van der Waals surface area contributed by atoms with Crippen LogP contribution in [0.25, 0.3) is 11.4 Å². The molecule has 0 saturated carbocycles. The zero-order chi connectivity index (χ0) is 16.9. The lowest BCUT2D eigenvalue weighted by molar-refractivity contribution is 0.0942. The summed E-state index contributed by atoms with van der Waals surface area (Å²) in [5, 5.41) is 9.12. The van der Waals surface area contributed by atoms with Gasteiger partial charge in [0.25, 0.3) is 5.91 Å². The second-order valence-corrected chi connectivity index (χ2v) is 5.83. The maximum atomic E-state index is 11.9. The van der Waals surface area contributed by atoms with Crippen molar-refractivity contribution < 1.29 is 14.1 Å². The molecule has 0 spiro atoms. The Morgan fingerprint density at radius 1 is 1.38 bits per heavy atom. The van der Waals surface area contributed by atoms with Crippen LogP contribution >= 0.6 is 11.3 Å². The molecule has 0 aliphatic rings. The number of amides is 1. The van der Waals surface area contributed by atoms with Crippen molar-refractivity contribution in [2.75, 3.05) is 6.61 Å². The second-order valence-electron chi connectivity index (χ2n) is 4.76. The molecule has 0 fully saturated rings. The maximum absolute atomic E-state index is 11.9. The van der Waals surface area contributed by atoms with E-state index in [2.05, 4.69) is 25.4 Å². The Morgan fingerprint density at radius 2 is 2.25 bits per heavy atom. The predicted molar refractivity (Wildman–Crippen MR) is 86.7 cm³/mol. The van der Waals surface area contributed by atoms with Crippen LogP contribution in [0, 0.1) is 6.92 Å². The summed E-state index contributed by atoms with van der Waals surface area (Å²) in [4.78, 5) is 24.4. The Hall–Kier alpha value is -2.81. The van der Waals surface area contributed by atoms with E-state index >= 15 is 0 Å². The number of hydrogen-bond donors (Lipinski definition) is 1. The lowest BCUT2D eigenvalue weighted by Gasteiger charge is -2.00. The van der Waals surface area contributed by atoms with Gasteiger partial charge < -0.3 is 14.6 Å². The van der Waals surface area contributed by atoms with Crippen molar-refractivity contribution in [1.82, 2.24) is 25.4 Å². The van der Waals surface area contributed by atoms with E-state index in [4.69, 9.17) is 9.26 Å². The molecule has 0 radical (unpaired) electrons. The first-order valence-corrected chi connectivity index (χ1v) is 8.16. The molecule has 1 N–H and O–H groups in total. The number of pyridine rings is 1. The summed E-state index contributed by atoms with van der Waals surface area (Å²) < 4.78 is 10.4. The molecule has 0 saturated heterocycles. The van der Waals surface area contributed by atoms with Crippen molar-refractivity contribution in [2.24, 2.45) is 0 Å². The molecule has 3 heterocycles. The van der Waals surface area contributed by atoms with Gasteiger partial charge in [0.1, 0.15) is 5.69 Å². The first kappa shape index (κ1) is 16.1. The molecular weight excluding hydrogens is 330 g/mol. The third kappa shape index (κ3) is 3.74. The van der Waals surface area contributed by atoms with Gasteiger partial charge in [-0.1, -0.05) is 5.16 Å². The van der Waals surface area contributed by atoms with Gasteiger partial charge in [0, 0.05) is 23.2 Å². The topological polar surface area (TPSA) is 103 Å². The highest BCUT2D eigenvalue weighted by Gasteiger charge is 2.13. The van der Waals surface area contributed by atoms with E-state index in [1.807, 2.05) is 13.8 Å². The molecule has 9 heteroatoms. The highest BCUT2D eigenvalue weighted by molar-refractivity contribution is 7.09. The Morgan fingerprint density at radius 3 is 2.92 bits per heavy atom. The third-order valence-corrected chi connectivity index (χ3v) is 3.78. The first-order chi connectivity index (χ1) is 11.7. The van der Waals surface area contributed by atoms with Gasteiger partial charge in [-0.2, -0.15) is 4.98 Å². The summed E-state index contributed by atoms with van der Waals surface area (Å²) in [6, 6.07) is 3.53. The van der Waals surface area contributed by atoms with Crippen LogP contribution in [0.5, 0.6) is 5.88 Å². The number of thiazole rings is 1. The number of ether oxygens (including phenoxy) is 1. The highest BCUT2D eigenvalue weighted by atomic mass is 32.1. The van der Waals surface area contributed by atoms with Gasteiger partial charge in [0.05, 0.1) is 18.2 Å². The Kier molecular flexibility index (Phi) is 4.80. The summed E-state index contributed by atoms with van der Waals surface area (Å²) >= 11 is 1.42. The largest absolute Gasteiger partial charge is 0.478 e. The van der Waals surface area contributed by atoms with Gasteiger partial charge in [-0.3, -0.25) is 4.79 Å². The van der Waals surface area contributed by atoms with Crippen LogP contribution in [0.3, 0.4) is 0 Å². The van der Waals surface area contributed by atoms with Crippen LogP contribution in [-0.4, -0.2) is 32.6 Å². The molecule has 3 aromatic heterocycles. The maximum Gasteiger partial charge on any atom is 0.271 e. The number of carbonyl (C=O) groups is 1. The lowest BCUT2D eigenvalue weighted by atomic mass is 10.3. The quantitative estimate of drug-likeness (QED) is 0.730. The van der Waals surface area contributed by atoms with Crippen LogP contribution in [0.4, 0.5) is 0 Å². The van der Waals surface area contributed by atoms with Gasteiger partial charge >= 0.3 is 0 Å². The fraction of sp³-hybridized carbons (Fsp3) is 0.267. The molecule has 3 rings (SSSR count). The molecule has 1 amide bonds. The van der Waals surface area contributed by atoms with E-state index in [9.17, 15) is 4.79 Å². The molecule has 0 aromatic carbocycles. The molecule has 124 valence electrons. The minimum absolute atomic E-state index is 0.132. The first-order valence-electron chi connectivity index (χ1n) is 7.28. The van der Waals surface area contributed by atoms with Gasteiger partial charge in [-0.05, 0) is 19.9 Å². The molecular formula is C15H15N5O3S. The number of aryl methyl sites for hydroxylation is 1. The Bertz CT molecular complexity index is 828. The number of aromatic nitrogens is 4. The number of nitrogens with one attached hydrogen (secondary N) is 1. The lowest BCUT2D eigenvalue weighted by Crippen LogP contribution is -2.23. The van der Waals surface area contributed by atoms with Crippen LogP contribution in [-0.2, 0) is 6.54 Å². The Labute approximate surface area is 141 Å². The van der Waals surface area contributed by atoms with E-state index in [0.717, 1.165) is 5.01 Å². The van der Waals surface area contributed by atoms with E-state index in [0.29, 0.717) is 35.5 Å². The van der Waals surface area contributed by atoms with Gasteiger partial charge in [0.2, 0.25) is 17.6 Å². The average molecular weight is 345 g/mol. The van der Waals surface area contributed by atoms with Crippen molar-refractivity contribution >= 4 is 17.2 Å². The normalized spacial score (nSPS) is 10.6. The SMILES string of the molecule is CCOc1ccc(-c2noc(CNC(=O)c3csc(C)n3)n2)cn1. The molecule has 0 bridgehead atoms. The highest BCUT2D eigenvalue weighted by Crippen LogP contribution is 2.17. The van der Waals surface area contributed by atoms with Crippen LogP contribution < -0.4 is 10.1 Å². The van der Waals surface area contributed by atoms with Gasteiger partial charge in [-0.25, -0.2) is 9.97 Å². The second kappa shape index (κ2) is 7.18. The van der Waals surface area contributed by atoms with Crippen molar-refractivity contribution in [3.05, 3.63) is 40.3 Å². The molecule has 0 aliphatic carbocycles. The van der Waals surface area contributed by atoms with Crippen LogP contribution in [0.2, 0.25) is 0 Å². The standard InChI is InChI=1S/C15H15N5O3S/c1-3-22-12-5-4-10(6-16-12)14-19-13(23-20-14)7-17-15(21)11-8-24-9(2)18-11/h4-6,8H,3,7H2,1-2H3,(H,17,21). The van der Waals surface area contributed by atoms with Crippen LogP contribution in [0.15, 0.2) is 28.2 Å². The number of hydrogen-bond acceptors (Lipinski definition) is 8. The van der Waals surface area contributed by atoms with Gasteiger partial charge in [0.15, 0.2) is 0 Å².